The van der Waals surface area contributed by atoms with Crippen molar-refractivity contribution in [3.05, 3.63) is 87.0 Å². The Morgan fingerprint density at radius 2 is 0.931 bits per heavy atom. The minimum absolute atomic E-state index is 0.170. The average molecular weight is 526 g/mol. The van der Waals surface area contributed by atoms with Crippen molar-refractivity contribution < 1.29 is 0 Å². The zero-order valence-corrected chi connectivity index (χ0v) is 18.8. The zero-order chi connectivity index (χ0) is 20.0. The van der Waals surface area contributed by atoms with Crippen LogP contribution in [0.1, 0.15) is 0 Å². The highest BCUT2D eigenvalue weighted by molar-refractivity contribution is 9.11. The maximum atomic E-state index is 6.33. The summed E-state index contributed by atoms with van der Waals surface area (Å²) in [6.07, 6.45) is 0. The lowest BCUT2D eigenvalue weighted by Gasteiger charge is -2.11. The molecule has 4 aromatic carbocycles. The lowest BCUT2D eigenvalue weighted by atomic mass is 10.0. The van der Waals surface area contributed by atoms with Gasteiger partial charge in [0.15, 0.2) is 11.6 Å². The smallest absolute Gasteiger partial charge is 0.208 e. The molecule has 5 aromatic rings. The largest absolute Gasteiger partial charge is 0.226 e. The van der Waals surface area contributed by atoms with Crippen LogP contribution in [-0.4, -0.2) is 15.0 Å². The summed E-state index contributed by atoms with van der Waals surface area (Å²) in [5.74, 6) is 1.10. The zero-order valence-electron chi connectivity index (χ0n) is 14.9. The average Bonchev–Trinajstić information content (AvgIpc) is 2.74. The molecule has 0 unspecified atom stereocenters. The Morgan fingerprint density at radius 1 is 0.517 bits per heavy atom. The van der Waals surface area contributed by atoms with Gasteiger partial charge >= 0.3 is 0 Å². The minimum Gasteiger partial charge on any atom is -0.208 e. The van der Waals surface area contributed by atoms with Crippen LogP contribution in [0.15, 0.2) is 81.7 Å². The molecule has 0 saturated carbocycles. The first-order valence-electron chi connectivity index (χ1n) is 8.88. The molecule has 0 bridgehead atoms. The quantitative estimate of drug-likeness (QED) is 0.237. The second-order valence-electron chi connectivity index (χ2n) is 6.53. The first-order valence-corrected chi connectivity index (χ1v) is 10.8. The molecule has 140 valence electrons. The van der Waals surface area contributed by atoms with Crippen LogP contribution < -0.4 is 0 Å². The summed E-state index contributed by atoms with van der Waals surface area (Å²) in [6.45, 7) is 0. The van der Waals surface area contributed by atoms with E-state index in [-0.39, 0.29) is 5.28 Å². The third-order valence-corrected chi connectivity index (χ3v) is 6.38. The predicted octanol–water partition coefficient (Wildman–Crippen LogP) is 7.69. The van der Waals surface area contributed by atoms with Gasteiger partial charge < -0.3 is 0 Å². The molecule has 3 nitrogen and oxygen atoms in total. The summed E-state index contributed by atoms with van der Waals surface area (Å²) in [5, 5.41) is 4.46. The molecule has 0 aliphatic carbocycles. The van der Waals surface area contributed by atoms with E-state index >= 15 is 0 Å². The van der Waals surface area contributed by atoms with E-state index in [1.807, 2.05) is 48.5 Å². The fourth-order valence-corrected chi connectivity index (χ4v) is 4.62. The number of fused-ring (bicyclic) bond motifs is 2. The molecule has 0 N–H and O–H groups in total. The number of aromatic nitrogens is 3. The van der Waals surface area contributed by atoms with Crippen LogP contribution in [0.25, 0.3) is 44.3 Å². The van der Waals surface area contributed by atoms with Crippen molar-refractivity contribution in [3.8, 4) is 22.8 Å². The Labute approximate surface area is 189 Å². The topological polar surface area (TPSA) is 38.7 Å². The first-order chi connectivity index (χ1) is 14.1. The number of halogens is 3. The van der Waals surface area contributed by atoms with Crippen LogP contribution in [-0.2, 0) is 0 Å². The molecule has 0 amide bonds. The third kappa shape index (κ3) is 3.33. The highest BCUT2D eigenvalue weighted by Gasteiger charge is 2.15. The van der Waals surface area contributed by atoms with Crippen molar-refractivity contribution >= 4 is 65.0 Å². The number of hydrogen-bond acceptors (Lipinski definition) is 3. The van der Waals surface area contributed by atoms with E-state index in [2.05, 4.69) is 66.1 Å². The summed E-state index contributed by atoms with van der Waals surface area (Å²) in [6, 6.07) is 24.3. The van der Waals surface area contributed by atoms with Gasteiger partial charge in [0.1, 0.15) is 0 Å². The van der Waals surface area contributed by atoms with Gasteiger partial charge in [0.25, 0.3) is 0 Å². The van der Waals surface area contributed by atoms with Crippen LogP contribution in [0.5, 0.6) is 0 Å². The maximum absolute atomic E-state index is 6.33. The van der Waals surface area contributed by atoms with E-state index in [4.69, 9.17) is 16.6 Å². The van der Waals surface area contributed by atoms with E-state index in [1.165, 1.54) is 0 Å². The van der Waals surface area contributed by atoms with Crippen LogP contribution in [0.3, 0.4) is 0 Å². The summed E-state index contributed by atoms with van der Waals surface area (Å²) in [7, 11) is 0. The van der Waals surface area contributed by atoms with E-state index in [9.17, 15) is 0 Å². The van der Waals surface area contributed by atoms with Gasteiger partial charge in [-0.2, -0.15) is 9.97 Å². The van der Waals surface area contributed by atoms with E-state index in [1.54, 1.807) is 0 Å². The molecule has 1 aromatic heterocycles. The van der Waals surface area contributed by atoms with Crippen LogP contribution in [0.2, 0.25) is 5.28 Å². The van der Waals surface area contributed by atoms with Crippen molar-refractivity contribution in [2.75, 3.05) is 0 Å². The van der Waals surface area contributed by atoms with Gasteiger partial charge in [0.05, 0.1) is 0 Å². The Bertz CT molecular complexity index is 1300. The van der Waals surface area contributed by atoms with Gasteiger partial charge in [0.2, 0.25) is 5.28 Å². The van der Waals surface area contributed by atoms with E-state index in [0.717, 1.165) is 41.6 Å². The normalized spacial score (nSPS) is 11.3. The number of nitrogens with zero attached hydrogens (tertiary/aromatic N) is 3. The Hall–Kier alpha value is -2.34. The van der Waals surface area contributed by atoms with Gasteiger partial charge in [-0.15, -0.1) is 0 Å². The molecule has 0 saturated heterocycles. The molecule has 1 heterocycles. The Kier molecular flexibility index (Phi) is 4.82. The van der Waals surface area contributed by atoms with Crippen molar-refractivity contribution in [2.24, 2.45) is 0 Å². The van der Waals surface area contributed by atoms with Gasteiger partial charge in [-0.3, -0.25) is 0 Å². The first kappa shape index (κ1) is 18.7. The highest BCUT2D eigenvalue weighted by Crippen LogP contribution is 2.35. The van der Waals surface area contributed by atoms with Crippen molar-refractivity contribution in [1.82, 2.24) is 15.0 Å². The van der Waals surface area contributed by atoms with Crippen molar-refractivity contribution in [1.29, 1.82) is 0 Å². The monoisotopic (exact) mass is 523 g/mol. The van der Waals surface area contributed by atoms with Crippen molar-refractivity contribution in [2.45, 2.75) is 0 Å². The second kappa shape index (κ2) is 7.48. The van der Waals surface area contributed by atoms with Crippen LogP contribution in [0.4, 0.5) is 0 Å². The fourth-order valence-electron chi connectivity index (χ4n) is 3.51. The highest BCUT2D eigenvalue weighted by atomic mass is 79.9. The van der Waals surface area contributed by atoms with E-state index < -0.39 is 0 Å². The molecule has 29 heavy (non-hydrogen) atoms. The molecule has 0 aliphatic heterocycles. The van der Waals surface area contributed by atoms with Gasteiger partial charge in [-0.25, -0.2) is 4.98 Å². The molecule has 0 radical (unpaired) electrons. The molecular formula is C23H12Br2ClN3. The number of hydrogen-bond donors (Lipinski definition) is 0. The molecule has 0 fully saturated rings. The standard InChI is InChI=1S/C23H12Br2ClN3/c24-19-11-9-17(13-5-1-3-7-15(13)19)21-27-22(29-23(26)28-21)18-10-12-20(25)16-8-4-2-6-14(16)18/h1-12H. The molecule has 6 heteroatoms. The van der Waals surface area contributed by atoms with Crippen LogP contribution >= 0.6 is 43.5 Å². The minimum atomic E-state index is 0.170. The predicted molar refractivity (Wildman–Crippen MR) is 126 cm³/mol. The third-order valence-electron chi connectivity index (χ3n) is 4.83. The Balaban J connectivity index is 1.77. The molecule has 0 spiro atoms. The summed E-state index contributed by atoms with van der Waals surface area (Å²) in [4.78, 5) is 13.6. The Morgan fingerprint density at radius 3 is 1.38 bits per heavy atom. The summed E-state index contributed by atoms with van der Waals surface area (Å²) >= 11 is 13.6. The molecule has 0 atom stereocenters. The van der Waals surface area contributed by atoms with Gasteiger partial charge in [-0.05, 0) is 57.4 Å². The number of rotatable bonds is 2. The molecule has 5 rings (SSSR count). The second-order valence-corrected chi connectivity index (χ2v) is 8.58. The summed E-state index contributed by atoms with van der Waals surface area (Å²) in [5.41, 5.74) is 1.83. The van der Waals surface area contributed by atoms with Gasteiger partial charge in [-0.1, -0.05) is 80.4 Å². The maximum Gasteiger partial charge on any atom is 0.226 e. The lowest BCUT2D eigenvalue weighted by Crippen LogP contribution is -1.98. The fraction of sp³-hybridized carbons (Fsp3) is 0. The van der Waals surface area contributed by atoms with Crippen LogP contribution in [0, 0.1) is 0 Å². The molecule has 0 aliphatic rings. The number of benzene rings is 4. The lowest BCUT2D eigenvalue weighted by molar-refractivity contribution is 1.07. The van der Waals surface area contributed by atoms with E-state index in [0.29, 0.717) is 11.6 Å². The summed E-state index contributed by atoms with van der Waals surface area (Å²) < 4.78 is 2.05. The van der Waals surface area contributed by atoms with Crippen molar-refractivity contribution in [3.63, 3.8) is 0 Å². The van der Waals surface area contributed by atoms with Gasteiger partial charge in [0, 0.05) is 20.1 Å². The molecular weight excluding hydrogens is 514 g/mol. The SMILES string of the molecule is Clc1nc(-c2ccc(Br)c3ccccc23)nc(-c2ccc(Br)c3ccccc23)n1.